The van der Waals surface area contributed by atoms with Gasteiger partial charge in [-0.2, -0.15) is 0 Å². The van der Waals surface area contributed by atoms with Crippen LogP contribution in [0.4, 0.5) is 0 Å². The van der Waals surface area contributed by atoms with Crippen molar-refractivity contribution in [1.82, 2.24) is 9.55 Å². The molecule has 2 aromatic heterocycles. The zero-order valence-electron chi connectivity index (χ0n) is 10.7. The van der Waals surface area contributed by atoms with Gasteiger partial charge in [0.2, 0.25) is 0 Å². The smallest absolute Gasteiger partial charge is 0.272 e. The number of hydrogen-bond donors (Lipinski definition) is 0. The number of thioether (sulfide) groups is 1. The second kappa shape index (κ2) is 4.75. The molecular weight excluding hydrogens is 288 g/mol. The van der Waals surface area contributed by atoms with E-state index in [1.54, 1.807) is 11.8 Å². The van der Waals surface area contributed by atoms with Crippen molar-refractivity contribution in [3.05, 3.63) is 57.7 Å². The Morgan fingerprint density at radius 3 is 2.95 bits per heavy atom. The average molecular weight is 300 g/mol. The third-order valence-corrected chi connectivity index (χ3v) is 5.55. The lowest BCUT2D eigenvalue weighted by Crippen LogP contribution is -2.25. The Bertz CT molecular complexity index is 823. The summed E-state index contributed by atoms with van der Waals surface area (Å²) in [4.78, 5) is 17.2. The van der Waals surface area contributed by atoms with Gasteiger partial charge in [-0.25, -0.2) is 4.98 Å². The summed E-state index contributed by atoms with van der Waals surface area (Å²) in [5, 5.41) is 2.80. The van der Waals surface area contributed by atoms with E-state index in [-0.39, 0.29) is 11.6 Å². The van der Waals surface area contributed by atoms with Crippen LogP contribution in [0.1, 0.15) is 11.6 Å². The van der Waals surface area contributed by atoms with Crippen LogP contribution in [-0.2, 0) is 6.42 Å². The van der Waals surface area contributed by atoms with E-state index < -0.39 is 0 Å². The van der Waals surface area contributed by atoms with Crippen molar-refractivity contribution in [2.24, 2.45) is 0 Å². The number of aromatic nitrogens is 2. The third-order valence-electron chi connectivity index (χ3n) is 3.56. The highest BCUT2D eigenvalue weighted by molar-refractivity contribution is 7.99. The molecule has 1 aliphatic rings. The fourth-order valence-electron chi connectivity index (χ4n) is 2.61. The highest BCUT2D eigenvalue weighted by Crippen LogP contribution is 2.33. The van der Waals surface area contributed by atoms with Crippen LogP contribution in [0, 0.1) is 0 Å². The molecule has 1 aliphatic heterocycles. The summed E-state index contributed by atoms with van der Waals surface area (Å²) in [7, 11) is 0. The Kier molecular flexibility index (Phi) is 2.89. The van der Waals surface area contributed by atoms with Crippen LogP contribution in [0.3, 0.4) is 0 Å². The molecule has 0 aliphatic carbocycles. The lowest BCUT2D eigenvalue weighted by atomic mass is 10.1. The maximum atomic E-state index is 12.6. The summed E-state index contributed by atoms with van der Waals surface area (Å²) >= 11 is 3.17. The van der Waals surface area contributed by atoms with Gasteiger partial charge in [-0.05, 0) is 23.4 Å². The van der Waals surface area contributed by atoms with Crippen molar-refractivity contribution in [2.45, 2.75) is 17.6 Å². The van der Waals surface area contributed by atoms with E-state index in [9.17, 15) is 4.79 Å². The van der Waals surface area contributed by atoms with Crippen LogP contribution in [0.2, 0.25) is 0 Å². The van der Waals surface area contributed by atoms with Gasteiger partial charge in [0.1, 0.15) is 4.70 Å². The molecule has 3 nitrogen and oxygen atoms in total. The molecule has 3 aromatic rings. The maximum Gasteiger partial charge on any atom is 0.272 e. The number of hydrogen-bond acceptors (Lipinski definition) is 4. The van der Waals surface area contributed by atoms with Gasteiger partial charge in [0.05, 0.1) is 11.6 Å². The van der Waals surface area contributed by atoms with Gasteiger partial charge in [-0.1, -0.05) is 42.1 Å². The van der Waals surface area contributed by atoms with Crippen molar-refractivity contribution in [3.63, 3.8) is 0 Å². The van der Waals surface area contributed by atoms with Crippen LogP contribution in [0.15, 0.2) is 51.7 Å². The van der Waals surface area contributed by atoms with Gasteiger partial charge in [-0.15, -0.1) is 11.3 Å². The zero-order valence-corrected chi connectivity index (χ0v) is 12.3. The van der Waals surface area contributed by atoms with Crippen molar-refractivity contribution in [3.8, 4) is 0 Å². The van der Waals surface area contributed by atoms with E-state index >= 15 is 0 Å². The molecule has 0 spiro atoms. The quantitative estimate of drug-likeness (QED) is 0.681. The Hall–Kier alpha value is -1.59. The summed E-state index contributed by atoms with van der Waals surface area (Å²) in [5.74, 6) is 0.925. The normalized spacial score (nSPS) is 17.5. The van der Waals surface area contributed by atoms with E-state index in [1.165, 1.54) is 16.9 Å². The monoisotopic (exact) mass is 300 g/mol. The number of benzene rings is 1. The minimum atomic E-state index is 0.117. The Labute approximate surface area is 124 Å². The molecule has 0 bridgehead atoms. The first-order valence-electron chi connectivity index (χ1n) is 6.49. The van der Waals surface area contributed by atoms with Crippen molar-refractivity contribution in [1.29, 1.82) is 0 Å². The molecule has 0 radical (unpaired) electrons. The first kappa shape index (κ1) is 12.2. The fraction of sp³-hybridized carbons (Fsp3) is 0.200. The Morgan fingerprint density at radius 2 is 2.10 bits per heavy atom. The maximum absolute atomic E-state index is 12.6. The zero-order chi connectivity index (χ0) is 13.5. The standard InChI is InChI=1S/C15H12N2OS2/c18-14-13-12(6-7-19-13)16-15-17(14)11(9-20-15)8-10-4-2-1-3-5-10/h1-7,11H,8-9H2. The van der Waals surface area contributed by atoms with Crippen molar-refractivity contribution < 1.29 is 0 Å². The molecule has 0 amide bonds. The number of thiophene rings is 1. The van der Waals surface area contributed by atoms with E-state index in [2.05, 4.69) is 17.1 Å². The SMILES string of the molecule is O=c1c2sccc2nc2n1C(Cc1ccccc1)CS2. The molecule has 0 saturated carbocycles. The molecule has 1 unspecified atom stereocenters. The molecule has 1 atom stereocenters. The summed E-state index contributed by atoms with van der Waals surface area (Å²) in [6.07, 6.45) is 0.888. The summed E-state index contributed by atoms with van der Waals surface area (Å²) < 4.78 is 2.66. The van der Waals surface area contributed by atoms with E-state index in [0.29, 0.717) is 0 Å². The lowest BCUT2D eigenvalue weighted by molar-refractivity contribution is 0.508. The summed E-state index contributed by atoms with van der Waals surface area (Å²) in [6, 6.07) is 12.5. The van der Waals surface area contributed by atoms with Crippen LogP contribution >= 0.6 is 23.1 Å². The van der Waals surface area contributed by atoms with Crippen molar-refractivity contribution in [2.75, 3.05) is 5.75 Å². The topological polar surface area (TPSA) is 34.9 Å². The number of rotatable bonds is 2. The Balaban J connectivity index is 1.79. The van der Waals surface area contributed by atoms with Gasteiger partial charge in [-0.3, -0.25) is 9.36 Å². The number of nitrogens with zero attached hydrogens (tertiary/aromatic N) is 2. The molecule has 1 aromatic carbocycles. The van der Waals surface area contributed by atoms with Crippen LogP contribution in [-0.4, -0.2) is 15.3 Å². The van der Waals surface area contributed by atoms with Gasteiger partial charge >= 0.3 is 0 Å². The largest absolute Gasteiger partial charge is 0.282 e. The average Bonchev–Trinajstić information content (AvgIpc) is 3.08. The van der Waals surface area contributed by atoms with E-state index in [1.807, 2.05) is 34.2 Å². The van der Waals surface area contributed by atoms with Crippen LogP contribution in [0.25, 0.3) is 10.2 Å². The minimum absolute atomic E-state index is 0.117. The molecule has 5 heteroatoms. The second-order valence-corrected chi connectivity index (χ2v) is 6.76. The molecule has 3 heterocycles. The highest BCUT2D eigenvalue weighted by Gasteiger charge is 2.26. The van der Waals surface area contributed by atoms with Gasteiger partial charge in [0.15, 0.2) is 5.16 Å². The molecule has 20 heavy (non-hydrogen) atoms. The molecule has 100 valence electrons. The minimum Gasteiger partial charge on any atom is -0.282 e. The third kappa shape index (κ3) is 1.89. The van der Waals surface area contributed by atoms with Crippen molar-refractivity contribution >= 4 is 33.3 Å². The first-order chi connectivity index (χ1) is 9.83. The first-order valence-corrected chi connectivity index (χ1v) is 8.36. The molecule has 0 saturated heterocycles. The molecular formula is C15H12N2OS2. The molecule has 0 N–H and O–H groups in total. The predicted molar refractivity (Wildman–Crippen MR) is 83.8 cm³/mol. The predicted octanol–water partition coefficient (Wildman–Crippen LogP) is 3.35. The highest BCUT2D eigenvalue weighted by atomic mass is 32.2. The summed E-state index contributed by atoms with van der Waals surface area (Å²) in [5.41, 5.74) is 2.22. The van der Waals surface area contributed by atoms with Gasteiger partial charge in [0, 0.05) is 5.75 Å². The fourth-order valence-corrected chi connectivity index (χ4v) is 4.52. The Morgan fingerprint density at radius 1 is 1.25 bits per heavy atom. The van der Waals surface area contributed by atoms with E-state index in [4.69, 9.17) is 0 Å². The molecule has 0 fully saturated rings. The van der Waals surface area contributed by atoms with E-state index in [0.717, 1.165) is 27.5 Å². The van der Waals surface area contributed by atoms with Crippen LogP contribution in [0.5, 0.6) is 0 Å². The summed E-state index contributed by atoms with van der Waals surface area (Å²) in [6.45, 7) is 0. The molecule has 4 rings (SSSR count). The second-order valence-electron chi connectivity index (χ2n) is 4.86. The van der Waals surface area contributed by atoms with Gasteiger partial charge in [0.25, 0.3) is 5.56 Å². The van der Waals surface area contributed by atoms with Crippen LogP contribution < -0.4 is 5.56 Å². The van der Waals surface area contributed by atoms with Gasteiger partial charge < -0.3 is 0 Å². The lowest BCUT2D eigenvalue weighted by Gasteiger charge is -2.13. The number of fused-ring (bicyclic) bond motifs is 2.